The molecule has 25 heavy (non-hydrogen) atoms. The molecule has 0 bridgehead atoms. The van der Waals surface area contributed by atoms with Gasteiger partial charge in [0.15, 0.2) is 23.1 Å². The number of benzene rings is 1. The Morgan fingerprint density at radius 3 is 1.48 bits per heavy atom. The summed E-state index contributed by atoms with van der Waals surface area (Å²) < 4.78 is 0. The SMILES string of the molecule is CC.CC.CC.CC(=O)/C=C\C(=O)CC(=O)c1ccc(C(C)=O)cc1. The fourth-order valence-corrected chi connectivity index (χ4v) is 1.42. The van der Waals surface area contributed by atoms with E-state index in [1.54, 1.807) is 12.1 Å². The first kappa shape index (κ1) is 27.5. The third-order valence-corrected chi connectivity index (χ3v) is 2.45. The summed E-state index contributed by atoms with van der Waals surface area (Å²) in [6.07, 6.45) is 1.95. The molecule has 0 amide bonds. The number of allylic oxidation sites excluding steroid dienone is 2. The number of rotatable bonds is 6. The molecule has 0 aliphatic carbocycles. The highest BCUT2D eigenvalue weighted by molar-refractivity contribution is 6.12. The van der Waals surface area contributed by atoms with Gasteiger partial charge in [0.25, 0.3) is 0 Å². The topological polar surface area (TPSA) is 68.3 Å². The largest absolute Gasteiger partial charge is 0.295 e. The standard InChI is InChI=1S/C15H14O4.3C2H6/c1-10(16)3-8-14(18)9-15(19)13-6-4-12(5-7-13)11(2)17;3*1-2/h3-8H,9H2,1-2H3;3*1-2H3/b8-3-;;;. The second kappa shape index (κ2) is 18.0. The molecule has 4 heteroatoms. The molecule has 0 saturated carbocycles. The molecule has 4 nitrogen and oxygen atoms in total. The lowest BCUT2D eigenvalue weighted by Crippen LogP contribution is -2.06. The van der Waals surface area contributed by atoms with Crippen molar-refractivity contribution in [3.05, 3.63) is 47.5 Å². The smallest absolute Gasteiger partial charge is 0.170 e. The van der Waals surface area contributed by atoms with E-state index in [0.29, 0.717) is 11.1 Å². The molecule has 0 N–H and O–H groups in total. The van der Waals surface area contributed by atoms with Crippen LogP contribution in [-0.2, 0) is 9.59 Å². The molecule has 0 atom stereocenters. The van der Waals surface area contributed by atoms with Gasteiger partial charge in [-0.05, 0) is 26.0 Å². The van der Waals surface area contributed by atoms with Crippen molar-refractivity contribution in [1.82, 2.24) is 0 Å². The van der Waals surface area contributed by atoms with Crippen LogP contribution in [0.2, 0.25) is 0 Å². The van der Waals surface area contributed by atoms with Crippen LogP contribution >= 0.6 is 0 Å². The zero-order chi connectivity index (χ0) is 20.4. The normalized spacial score (nSPS) is 8.64. The van der Waals surface area contributed by atoms with Crippen LogP contribution in [0.5, 0.6) is 0 Å². The molecular weight excluding hydrogens is 316 g/mol. The highest BCUT2D eigenvalue weighted by atomic mass is 16.1. The van der Waals surface area contributed by atoms with Crippen LogP contribution in [0, 0.1) is 0 Å². The fourth-order valence-electron chi connectivity index (χ4n) is 1.42. The lowest BCUT2D eigenvalue weighted by Gasteiger charge is -2.00. The predicted octanol–water partition coefficient (Wildman–Crippen LogP) is 5.25. The lowest BCUT2D eigenvalue weighted by molar-refractivity contribution is -0.115. The summed E-state index contributed by atoms with van der Waals surface area (Å²) in [4.78, 5) is 44.9. The molecule has 0 aliphatic rings. The van der Waals surface area contributed by atoms with Gasteiger partial charge in [-0.3, -0.25) is 19.2 Å². The van der Waals surface area contributed by atoms with E-state index < -0.39 is 5.78 Å². The number of hydrogen-bond acceptors (Lipinski definition) is 4. The maximum absolute atomic E-state index is 11.8. The molecule has 1 aromatic rings. The monoisotopic (exact) mass is 348 g/mol. The summed E-state index contributed by atoms with van der Waals surface area (Å²) in [7, 11) is 0. The van der Waals surface area contributed by atoms with Gasteiger partial charge in [0.1, 0.15) is 0 Å². The predicted molar refractivity (Wildman–Crippen MR) is 104 cm³/mol. The molecule has 0 spiro atoms. The van der Waals surface area contributed by atoms with Crippen LogP contribution in [0.25, 0.3) is 0 Å². The Labute approximate surface area is 152 Å². The lowest BCUT2D eigenvalue weighted by atomic mass is 10.0. The van der Waals surface area contributed by atoms with Crippen molar-refractivity contribution in [3.8, 4) is 0 Å². The van der Waals surface area contributed by atoms with E-state index in [2.05, 4.69) is 0 Å². The second-order valence-corrected chi connectivity index (χ2v) is 4.14. The molecular formula is C21H32O4. The van der Waals surface area contributed by atoms with Gasteiger partial charge in [0, 0.05) is 11.1 Å². The third kappa shape index (κ3) is 13.7. The van der Waals surface area contributed by atoms with Gasteiger partial charge in [0.05, 0.1) is 6.42 Å². The first-order valence-corrected chi connectivity index (χ1v) is 8.76. The van der Waals surface area contributed by atoms with Crippen molar-refractivity contribution in [2.75, 3.05) is 0 Å². The molecule has 1 rings (SSSR count). The van der Waals surface area contributed by atoms with E-state index in [1.165, 1.54) is 26.0 Å². The molecule has 140 valence electrons. The van der Waals surface area contributed by atoms with Crippen molar-refractivity contribution in [3.63, 3.8) is 0 Å². The Morgan fingerprint density at radius 1 is 0.720 bits per heavy atom. The van der Waals surface area contributed by atoms with Crippen molar-refractivity contribution >= 4 is 23.1 Å². The molecule has 0 radical (unpaired) electrons. The number of carbonyl (C=O) groups excluding carboxylic acids is 4. The maximum Gasteiger partial charge on any atom is 0.170 e. The van der Waals surface area contributed by atoms with Gasteiger partial charge in [-0.2, -0.15) is 0 Å². The summed E-state index contributed by atoms with van der Waals surface area (Å²) in [5.74, 6) is -1.09. The highest BCUT2D eigenvalue weighted by Crippen LogP contribution is 2.08. The van der Waals surface area contributed by atoms with E-state index >= 15 is 0 Å². The second-order valence-electron chi connectivity index (χ2n) is 4.14. The van der Waals surface area contributed by atoms with E-state index in [1.807, 2.05) is 41.5 Å². The Balaban J connectivity index is -0.000000725. The molecule has 1 aromatic carbocycles. The first-order valence-electron chi connectivity index (χ1n) is 8.76. The van der Waals surface area contributed by atoms with Crippen molar-refractivity contribution in [2.24, 2.45) is 0 Å². The fraction of sp³-hybridized carbons (Fsp3) is 0.429. The van der Waals surface area contributed by atoms with E-state index in [4.69, 9.17) is 0 Å². The number of ketones is 4. The van der Waals surface area contributed by atoms with Gasteiger partial charge < -0.3 is 0 Å². The Kier molecular flexibility index (Phi) is 19.8. The van der Waals surface area contributed by atoms with Gasteiger partial charge in [0.2, 0.25) is 0 Å². The highest BCUT2D eigenvalue weighted by Gasteiger charge is 2.10. The van der Waals surface area contributed by atoms with Gasteiger partial charge in [-0.1, -0.05) is 65.8 Å². The average Bonchev–Trinajstić information content (AvgIpc) is 2.65. The molecule has 0 aromatic heterocycles. The minimum Gasteiger partial charge on any atom is -0.295 e. The minimum atomic E-state index is -0.421. The molecule has 0 saturated heterocycles. The maximum atomic E-state index is 11.8. The number of Topliss-reactive ketones (excluding diaryl/α,β-unsaturated/α-hetero) is 2. The Morgan fingerprint density at radius 2 is 1.12 bits per heavy atom. The van der Waals surface area contributed by atoms with Crippen LogP contribution in [0.4, 0.5) is 0 Å². The van der Waals surface area contributed by atoms with Crippen molar-refractivity contribution in [2.45, 2.75) is 61.8 Å². The van der Waals surface area contributed by atoms with Crippen LogP contribution in [0.3, 0.4) is 0 Å². The number of hydrogen-bond donors (Lipinski definition) is 0. The number of carbonyl (C=O) groups is 4. The van der Waals surface area contributed by atoms with Gasteiger partial charge >= 0.3 is 0 Å². The van der Waals surface area contributed by atoms with Crippen LogP contribution in [0.15, 0.2) is 36.4 Å². The molecule has 0 unspecified atom stereocenters. The molecule has 0 aliphatic heterocycles. The summed E-state index contributed by atoms with van der Waals surface area (Å²) in [5.41, 5.74) is 0.883. The first-order chi connectivity index (χ1) is 11.9. The molecule has 0 fully saturated rings. The van der Waals surface area contributed by atoms with E-state index in [9.17, 15) is 19.2 Å². The minimum absolute atomic E-state index is 0.0838. The zero-order valence-corrected chi connectivity index (χ0v) is 16.8. The van der Waals surface area contributed by atoms with E-state index in [0.717, 1.165) is 12.2 Å². The summed E-state index contributed by atoms with van der Waals surface area (Å²) in [5, 5.41) is 0. The Hall–Kier alpha value is -2.36. The summed E-state index contributed by atoms with van der Waals surface area (Å²) >= 11 is 0. The van der Waals surface area contributed by atoms with Crippen LogP contribution in [-0.4, -0.2) is 23.1 Å². The van der Waals surface area contributed by atoms with Crippen LogP contribution < -0.4 is 0 Å². The zero-order valence-electron chi connectivity index (χ0n) is 16.8. The van der Waals surface area contributed by atoms with Crippen molar-refractivity contribution in [1.29, 1.82) is 0 Å². The Bertz CT molecular complexity index is 552. The van der Waals surface area contributed by atoms with Gasteiger partial charge in [-0.25, -0.2) is 0 Å². The van der Waals surface area contributed by atoms with Crippen molar-refractivity contribution < 1.29 is 19.2 Å². The van der Waals surface area contributed by atoms with Gasteiger partial charge in [-0.15, -0.1) is 0 Å². The van der Waals surface area contributed by atoms with Crippen LogP contribution in [0.1, 0.15) is 82.5 Å². The summed E-state index contributed by atoms with van der Waals surface area (Å²) in [6.45, 7) is 14.8. The summed E-state index contributed by atoms with van der Waals surface area (Å²) in [6, 6.07) is 6.12. The quantitative estimate of drug-likeness (QED) is 0.400. The molecule has 0 heterocycles. The van der Waals surface area contributed by atoms with E-state index in [-0.39, 0.29) is 23.8 Å². The third-order valence-electron chi connectivity index (χ3n) is 2.45. The average molecular weight is 348 g/mol.